The average Bonchev–Trinajstić information content (AvgIpc) is 3.44. The number of hydrogen-bond donors (Lipinski definition) is 1. The van der Waals surface area contributed by atoms with Crippen molar-refractivity contribution in [2.75, 3.05) is 5.32 Å². The number of halogens is 2. The third-order valence-electron chi connectivity index (χ3n) is 4.72. The molecule has 6 nitrogen and oxygen atoms in total. The van der Waals surface area contributed by atoms with Crippen molar-refractivity contribution in [2.24, 2.45) is 0 Å². The summed E-state index contributed by atoms with van der Waals surface area (Å²) >= 11 is 0.464. The minimum atomic E-state index is -2.49. The Morgan fingerprint density at radius 3 is 2.56 bits per heavy atom. The third-order valence-corrected chi connectivity index (χ3v) is 5.44. The van der Waals surface area contributed by atoms with Gasteiger partial charge < -0.3 is 9.73 Å². The quantitative estimate of drug-likeness (QED) is 0.192. The summed E-state index contributed by atoms with van der Waals surface area (Å²) in [7, 11) is 0. The maximum Gasteiger partial charge on any atom is 0.288 e. The van der Waals surface area contributed by atoms with Gasteiger partial charge in [-0.15, -0.1) is 0 Å². The largest absolute Gasteiger partial charge is 0.457 e. The van der Waals surface area contributed by atoms with E-state index in [4.69, 9.17) is 4.42 Å². The second-order valence-corrected chi connectivity index (χ2v) is 8.21. The highest BCUT2D eigenvalue weighted by Crippen LogP contribution is 2.29. The lowest BCUT2D eigenvalue weighted by atomic mass is 10.2. The van der Waals surface area contributed by atoms with Crippen molar-refractivity contribution in [1.29, 1.82) is 5.26 Å². The molecule has 170 valence electrons. The van der Waals surface area contributed by atoms with E-state index >= 15 is 0 Å². The zero-order valence-electron chi connectivity index (χ0n) is 17.9. The third kappa shape index (κ3) is 5.42. The van der Waals surface area contributed by atoms with Gasteiger partial charge in [0.25, 0.3) is 11.7 Å². The van der Waals surface area contributed by atoms with Gasteiger partial charge in [-0.3, -0.25) is 4.79 Å². The number of benzene rings is 2. The molecule has 0 aliphatic rings. The Labute approximate surface area is 198 Å². The van der Waals surface area contributed by atoms with Crippen molar-refractivity contribution in [3.05, 3.63) is 89.8 Å². The molecule has 0 spiro atoms. The van der Waals surface area contributed by atoms with Crippen molar-refractivity contribution in [1.82, 2.24) is 9.78 Å². The topological polar surface area (TPSA) is 83.9 Å². The minimum Gasteiger partial charge on any atom is -0.457 e. The molecule has 0 saturated carbocycles. The molecule has 1 N–H and O–H groups in total. The van der Waals surface area contributed by atoms with Crippen LogP contribution in [0.2, 0.25) is 0 Å². The van der Waals surface area contributed by atoms with Gasteiger partial charge >= 0.3 is 0 Å². The number of carbonyl (C=O) groups is 1. The summed E-state index contributed by atoms with van der Waals surface area (Å²) in [6.07, 6.45) is 1.34. The molecule has 2 heterocycles. The number of aryl methyl sites for hydroxylation is 1. The van der Waals surface area contributed by atoms with Gasteiger partial charge in [0, 0.05) is 22.6 Å². The molecule has 0 unspecified atom stereocenters. The zero-order chi connectivity index (χ0) is 24.1. The van der Waals surface area contributed by atoms with Crippen molar-refractivity contribution < 1.29 is 18.0 Å². The molecule has 0 bridgehead atoms. The standard InChI is InChI=1S/C25H18F2N4O2S/c1-16-13-23(31(30-16)19-5-3-2-4-6-19)29-24(32)18(15-28)14-20-9-12-22(33-20)17-7-10-21(11-8-17)34-25(26)27/h2-14,25H,1H3,(H,29,32)/b18-14-. The molecule has 2 aromatic heterocycles. The summed E-state index contributed by atoms with van der Waals surface area (Å²) in [5.74, 6) is -1.88. The van der Waals surface area contributed by atoms with Crippen LogP contribution < -0.4 is 5.32 Å². The number of nitrogens with zero attached hydrogens (tertiary/aromatic N) is 3. The summed E-state index contributed by atoms with van der Waals surface area (Å²) in [5.41, 5.74) is 2.00. The number of nitriles is 1. The number of para-hydroxylation sites is 1. The molecule has 1 amide bonds. The molecule has 4 rings (SSSR count). The molecule has 0 saturated heterocycles. The SMILES string of the molecule is Cc1cc(NC(=O)/C(C#N)=C\c2ccc(-c3ccc(SC(F)F)cc3)o2)n(-c2ccccc2)n1. The monoisotopic (exact) mass is 476 g/mol. The van der Waals surface area contributed by atoms with E-state index in [-0.39, 0.29) is 5.57 Å². The van der Waals surface area contributed by atoms with E-state index in [1.807, 2.05) is 36.4 Å². The normalized spacial score (nSPS) is 11.4. The van der Waals surface area contributed by atoms with Gasteiger partial charge in [-0.1, -0.05) is 42.1 Å². The second kappa shape index (κ2) is 10.2. The van der Waals surface area contributed by atoms with Crippen molar-refractivity contribution in [3.63, 3.8) is 0 Å². The number of rotatable bonds is 7. The first-order valence-electron chi connectivity index (χ1n) is 10.1. The predicted molar refractivity (Wildman–Crippen MR) is 127 cm³/mol. The fourth-order valence-corrected chi connectivity index (χ4v) is 3.71. The van der Waals surface area contributed by atoms with Gasteiger partial charge in [-0.2, -0.15) is 19.1 Å². The van der Waals surface area contributed by atoms with Crippen LogP contribution in [0.5, 0.6) is 0 Å². The molecule has 2 aromatic carbocycles. The Hall–Kier alpha value is -4.16. The number of carbonyl (C=O) groups excluding carboxylic acids is 1. The number of amides is 1. The number of anilines is 1. The van der Waals surface area contributed by atoms with Crippen LogP contribution in [0.25, 0.3) is 23.1 Å². The van der Waals surface area contributed by atoms with E-state index < -0.39 is 11.7 Å². The summed E-state index contributed by atoms with van der Waals surface area (Å²) in [5, 5.41) is 16.7. The van der Waals surface area contributed by atoms with E-state index in [1.54, 1.807) is 54.1 Å². The van der Waals surface area contributed by atoms with E-state index in [2.05, 4.69) is 10.4 Å². The smallest absolute Gasteiger partial charge is 0.288 e. The highest BCUT2D eigenvalue weighted by atomic mass is 32.2. The summed E-state index contributed by atoms with van der Waals surface area (Å²) in [4.78, 5) is 13.2. The van der Waals surface area contributed by atoms with E-state index in [1.165, 1.54) is 6.08 Å². The van der Waals surface area contributed by atoms with Gasteiger partial charge in [0.1, 0.15) is 29.0 Å². The second-order valence-electron chi connectivity index (χ2n) is 7.15. The van der Waals surface area contributed by atoms with Crippen LogP contribution in [0.4, 0.5) is 14.6 Å². The molecule has 0 fully saturated rings. The predicted octanol–water partition coefficient (Wildman–Crippen LogP) is 6.30. The molecule has 34 heavy (non-hydrogen) atoms. The highest BCUT2D eigenvalue weighted by molar-refractivity contribution is 7.99. The van der Waals surface area contributed by atoms with E-state index in [9.17, 15) is 18.8 Å². The summed E-state index contributed by atoms with van der Waals surface area (Å²) in [6, 6.07) is 22.7. The molecule has 0 atom stereocenters. The van der Waals surface area contributed by atoms with Crippen LogP contribution in [-0.4, -0.2) is 21.4 Å². The van der Waals surface area contributed by atoms with Gasteiger partial charge in [0.15, 0.2) is 0 Å². The minimum absolute atomic E-state index is 0.150. The Morgan fingerprint density at radius 2 is 1.88 bits per heavy atom. The Kier molecular flexibility index (Phi) is 6.90. The molecule has 0 aliphatic heterocycles. The molecule has 0 aliphatic carbocycles. The van der Waals surface area contributed by atoms with Gasteiger partial charge in [0.05, 0.1) is 11.4 Å². The maximum absolute atomic E-state index is 12.8. The first-order chi connectivity index (χ1) is 16.4. The lowest BCUT2D eigenvalue weighted by molar-refractivity contribution is -0.112. The molecular weight excluding hydrogens is 458 g/mol. The first-order valence-corrected chi connectivity index (χ1v) is 11.0. The first kappa shape index (κ1) is 23.0. The summed E-state index contributed by atoms with van der Waals surface area (Å²) < 4.78 is 32.3. The molecule has 0 radical (unpaired) electrons. The van der Waals surface area contributed by atoms with E-state index in [0.29, 0.717) is 45.3 Å². The lowest BCUT2D eigenvalue weighted by Crippen LogP contribution is -2.16. The van der Waals surface area contributed by atoms with Gasteiger partial charge in [-0.05, 0) is 43.3 Å². The van der Waals surface area contributed by atoms with E-state index in [0.717, 1.165) is 5.69 Å². The number of hydrogen-bond acceptors (Lipinski definition) is 5. The highest BCUT2D eigenvalue weighted by Gasteiger charge is 2.15. The van der Waals surface area contributed by atoms with Crippen molar-refractivity contribution in [2.45, 2.75) is 17.6 Å². The molecular formula is C25H18F2N4O2S. The molecule has 4 aromatic rings. The van der Waals surface area contributed by atoms with Crippen LogP contribution in [0.15, 0.2) is 87.7 Å². The van der Waals surface area contributed by atoms with Crippen LogP contribution in [0.3, 0.4) is 0 Å². The number of aromatic nitrogens is 2. The Morgan fingerprint density at radius 1 is 1.15 bits per heavy atom. The number of alkyl halides is 2. The van der Waals surface area contributed by atoms with Crippen LogP contribution in [-0.2, 0) is 4.79 Å². The molecule has 9 heteroatoms. The van der Waals surface area contributed by atoms with Gasteiger partial charge in [0.2, 0.25) is 0 Å². The number of thioether (sulfide) groups is 1. The van der Waals surface area contributed by atoms with Crippen LogP contribution in [0, 0.1) is 18.3 Å². The van der Waals surface area contributed by atoms with Crippen molar-refractivity contribution in [3.8, 4) is 23.1 Å². The number of nitrogens with one attached hydrogen (secondary N) is 1. The number of furan rings is 1. The summed E-state index contributed by atoms with van der Waals surface area (Å²) in [6.45, 7) is 1.80. The van der Waals surface area contributed by atoms with Crippen molar-refractivity contribution >= 4 is 29.6 Å². The fraction of sp³-hybridized carbons (Fsp3) is 0.0800. The average molecular weight is 477 g/mol. The Balaban J connectivity index is 1.52. The van der Waals surface area contributed by atoms with Crippen LogP contribution in [0.1, 0.15) is 11.5 Å². The Bertz CT molecular complexity index is 1370. The van der Waals surface area contributed by atoms with Crippen LogP contribution >= 0.6 is 11.8 Å². The zero-order valence-corrected chi connectivity index (χ0v) is 18.7. The maximum atomic E-state index is 12.8. The fourth-order valence-electron chi connectivity index (χ4n) is 3.22. The lowest BCUT2D eigenvalue weighted by Gasteiger charge is -2.08. The van der Waals surface area contributed by atoms with Gasteiger partial charge in [-0.25, -0.2) is 4.68 Å².